The molecule has 0 radical (unpaired) electrons. The van der Waals surface area contributed by atoms with E-state index in [4.69, 9.17) is 0 Å². The molecule has 136 valence electrons. The number of aryl methyl sites for hydroxylation is 1. The molecule has 26 heavy (non-hydrogen) atoms. The van der Waals surface area contributed by atoms with Crippen molar-refractivity contribution in [2.75, 3.05) is 31.1 Å². The summed E-state index contributed by atoms with van der Waals surface area (Å²) in [5.74, 6) is 0.864. The molecule has 1 saturated heterocycles. The first-order valence-corrected chi connectivity index (χ1v) is 10.3. The van der Waals surface area contributed by atoms with Crippen molar-refractivity contribution >= 4 is 15.7 Å². The van der Waals surface area contributed by atoms with Gasteiger partial charge in [-0.05, 0) is 25.0 Å². The normalized spacial score (nSPS) is 18.3. The molecule has 0 N–H and O–H groups in total. The Morgan fingerprint density at radius 3 is 2.73 bits per heavy atom. The number of sulfonamides is 1. The molecule has 2 aliphatic heterocycles. The van der Waals surface area contributed by atoms with Gasteiger partial charge in [0.1, 0.15) is 11.9 Å². The molecule has 0 spiro atoms. The number of hydrogen-bond acceptors (Lipinski definition) is 5. The maximum Gasteiger partial charge on any atom is 0.260 e. The molecule has 0 saturated carbocycles. The lowest BCUT2D eigenvalue weighted by molar-refractivity contribution is 0.426. The third kappa shape index (κ3) is 2.87. The van der Waals surface area contributed by atoms with Crippen molar-refractivity contribution in [1.29, 1.82) is 5.26 Å². The number of anilines is 1. The van der Waals surface area contributed by atoms with Gasteiger partial charge in [-0.1, -0.05) is 12.1 Å². The quantitative estimate of drug-likeness (QED) is 0.818. The molecule has 7 nitrogen and oxygen atoms in total. The maximum atomic E-state index is 13.1. The van der Waals surface area contributed by atoms with Gasteiger partial charge in [0, 0.05) is 39.1 Å². The van der Waals surface area contributed by atoms with Crippen molar-refractivity contribution in [3.63, 3.8) is 0 Å². The molecule has 4 rings (SSSR count). The monoisotopic (exact) mass is 371 g/mol. The van der Waals surface area contributed by atoms with Crippen molar-refractivity contribution in [1.82, 2.24) is 13.9 Å². The molecule has 2 aromatic rings. The van der Waals surface area contributed by atoms with Crippen LogP contribution in [0, 0.1) is 11.3 Å². The Morgan fingerprint density at radius 1 is 1.04 bits per heavy atom. The van der Waals surface area contributed by atoms with Crippen LogP contribution in [0.5, 0.6) is 0 Å². The van der Waals surface area contributed by atoms with Crippen LogP contribution in [0.3, 0.4) is 0 Å². The molecule has 1 aromatic heterocycles. The number of aromatic nitrogens is 2. The minimum absolute atomic E-state index is 0.316. The molecular weight excluding hydrogens is 350 g/mol. The van der Waals surface area contributed by atoms with Crippen LogP contribution in [0.25, 0.3) is 0 Å². The third-order valence-electron chi connectivity index (χ3n) is 5.11. The van der Waals surface area contributed by atoms with Crippen LogP contribution >= 0.6 is 0 Å². The second-order valence-corrected chi connectivity index (χ2v) is 8.53. The number of nitriles is 1. The predicted molar refractivity (Wildman–Crippen MR) is 97.3 cm³/mol. The van der Waals surface area contributed by atoms with Gasteiger partial charge in [0.25, 0.3) is 10.0 Å². The molecule has 0 atom stereocenters. The Labute approximate surface area is 153 Å². The lowest BCUT2D eigenvalue weighted by Crippen LogP contribution is -2.36. The Hall–Kier alpha value is -2.37. The summed E-state index contributed by atoms with van der Waals surface area (Å²) in [6.45, 7) is 2.91. The van der Waals surface area contributed by atoms with E-state index in [0.29, 0.717) is 30.2 Å². The van der Waals surface area contributed by atoms with Crippen molar-refractivity contribution < 1.29 is 8.42 Å². The van der Waals surface area contributed by atoms with Gasteiger partial charge in [0.2, 0.25) is 0 Å². The van der Waals surface area contributed by atoms with E-state index >= 15 is 0 Å². The Balaban J connectivity index is 1.56. The number of para-hydroxylation sites is 1. The summed E-state index contributed by atoms with van der Waals surface area (Å²) in [6.07, 6.45) is 4.01. The van der Waals surface area contributed by atoms with Crippen molar-refractivity contribution in [2.24, 2.45) is 0 Å². The van der Waals surface area contributed by atoms with Crippen LogP contribution in [0.4, 0.5) is 5.69 Å². The minimum atomic E-state index is -3.55. The van der Waals surface area contributed by atoms with Crippen LogP contribution in [0.1, 0.15) is 24.2 Å². The zero-order valence-electron chi connectivity index (χ0n) is 14.5. The van der Waals surface area contributed by atoms with Gasteiger partial charge < -0.3 is 9.47 Å². The summed E-state index contributed by atoms with van der Waals surface area (Å²) in [7, 11) is -3.55. The Morgan fingerprint density at radius 2 is 1.88 bits per heavy atom. The summed E-state index contributed by atoms with van der Waals surface area (Å²) in [5.41, 5.74) is 1.50. The van der Waals surface area contributed by atoms with Crippen molar-refractivity contribution in [3.8, 4) is 6.07 Å². The summed E-state index contributed by atoms with van der Waals surface area (Å²) in [6, 6.07) is 9.69. The standard InChI is InChI=1S/C18H21N5O2S/c19-13-15-5-1-2-6-16(15)21-8-4-9-22(12-11-21)26(24,25)18-14-20-17-7-3-10-23(17)18/h1-2,5-6,14H,3-4,7-12H2. The van der Waals surface area contributed by atoms with Crippen LogP contribution < -0.4 is 4.90 Å². The number of fused-ring (bicyclic) bond motifs is 1. The van der Waals surface area contributed by atoms with E-state index in [-0.39, 0.29) is 0 Å². The highest BCUT2D eigenvalue weighted by Crippen LogP contribution is 2.25. The molecule has 0 unspecified atom stereocenters. The van der Waals surface area contributed by atoms with E-state index in [9.17, 15) is 13.7 Å². The first-order chi connectivity index (χ1) is 12.6. The minimum Gasteiger partial charge on any atom is -0.369 e. The second-order valence-electron chi connectivity index (χ2n) is 6.64. The van der Waals surface area contributed by atoms with Gasteiger partial charge in [-0.2, -0.15) is 9.57 Å². The fourth-order valence-corrected chi connectivity index (χ4v) is 5.40. The summed E-state index contributed by atoms with van der Waals surface area (Å²) in [4.78, 5) is 6.38. The molecule has 2 aliphatic rings. The molecule has 8 heteroatoms. The number of rotatable bonds is 3. The second kappa shape index (κ2) is 6.74. The van der Waals surface area contributed by atoms with Gasteiger partial charge in [0.15, 0.2) is 5.03 Å². The van der Waals surface area contributed by atoms with Crippen LogP contribution in [0.15, 0.2) is 35.5 Å². The lowest BCUT2D eigenvalue weighted by Gasteiger charge is -2.24. The average Bonchev–Trinajstić information content (AvgIpc) is 3.17. The largest absolute Gasteiger partial charge is 0.369 e. The van der Waals surface area contributed by atoms with Crippen LogP contribution in [-0.2, 0) is 23.0 Å². The summed E-state index contributed by atoms with van der Waals surface area (Å²) in [5, 5.41) is 9.64. The first-order valence-electron chi connectivity index (χ1n) is 8.90. The highest BCUT2D eigenvalue weighted by Gasteiger charge is 2.32. The number of nitrogens with zero attached hydrogens (tertiary/aromatic N) is 5. The van der Waals surface area contributed by atoms with Gasteiger partial charge in [0.05, 0.1) is 17.4 Å². The highest BCUT2D eigenvalue weighted by molar-refractivity contribution is 7.89. The van der Waals surface area contributed by atoms with Gasteiger partial charge >= 0.3 is 0 Å². The molecule has 3 heterocycles. The van der Waals surface area contributed by atoms with Crippen LogP contribution in [0.2, 0.25) is 0 Å². The predicted octanol–water partition coefficient (Wildman–Crippen LogP) is 1.60. The topological polar surface area (TPSA) is 82.2 Å². The molecule has 0 aliphatic carbocycles. The van der Waals surface area contributed by atoms with Gasteiger partial charge in [-0.25, -0.2) is 13.4 Å². The fourth-order valence-electron chi connectivity index (χ4n) is 3.79. The van der Waals surface area contributed by atoms with Crippen molar-refractivity contribution in [3.05, 3.63) is 41.9 Å². The van der Waals surface area contributed by atoms with Crippen molar-refractivity contribution in [2.45, 2.75) is 30.8 Å². The maximum absolute atomic E-state index is 13.1. The van der Waals surface area contributed by atoms with E-state index < -0.39 is 10.0 Å². The number of hydrogen-bond donors (Lipinski definition) is 0. The SMILES string of the molecule is N#Cc1ccccc1N1CCCN(S(=O)(=O)c2cnc3n2CCC3)CC1. The number of imidazole rings is 1. The molecule has 1 fully saturated rings. The lowest BCUT2D eigenvalue weighted by atomic mass is 10.1. The van der Waals surface area contributed by atoms with Gasteiger partial charge in [-0.15, -0.1) is 0 Å². The van der Waals surface area contributed by atoms with E-state index in [0.717, 1.165) is 43.9 Å². The zero-order valence-corrected chi connectivity index (χ0v) is 15.3. The molecule has 1 aromatic carbocycles. The van der Waals surface area contributed by atoms with E-state index in [1.54, 1.807) is 10.4 Å². The van der Waals surface area contributed by atoms with E-state index in [2.05, 4.69) is 16.0 Å². The highest BCUT2D eigenvalue weighted by atomic mass is 32.2. The van der Waals surface area contributed by atoms with Gasteiger partial charge in [-0.3, -0.25) is 0 Å². The third-order valence-corrected chi connectivity index (χ3v) is 7.01. The molecule has 0 bridgehead atoms. The smallest absolute Gasteiger partial charge is 0.260 e. The first kappa shape index (κ1) is 17.1. The Bertz CT molecular complexity index is 960. The Kier molecular flexibility index (Phi) is 4.42. The molecule has 0 amide bonds. The average molecular weight is 371 g/mol. The zero-order chi connectivity index (χ0) is 18.1. The van der Waals surface area contributed by atoms with E-state index in [1.807, 2.05) is 22.8 Å². The number of benzene rings is 1. The van der Waals surface area contributed by atoms with Crippen LogP contribution in [-0.4, -0.2) is 48.5 Å². The van der Waals surface area contributed by atoms with E-state index in [1.165, 1.54) is 6.20 Å². The molecular formula is C18H21N5O2S. The summed E-state index contributed by atoms with van der Waals surface area (Å²) >= 11 is 0. The summed E-state index contributed by atoms with van der Waals surface area (Å²) < 4.78 is 29.6. The fraction of sp³-hybridized carbons (Fsp3) is 0.444.